The molecule has 0 aliphatic carbocycles. The number of benzene rings is 1. The van der Waals surface area contributed by atoms with Crippen LogP contribution in [0.25, 0.3) is 11.3 Å². The second-order valence-corrected chi connectivity index (χ2v) is 4.25. The summed E-state index contributed by atoms with van der Waals surface area (Å²) in [4.78, 5) is 14.2. The molecule has 0 amide bonds. The average molecular weight is 318 g/mol. The van der Waals surface area contributed by atoms with Gasteiger partial charge >= 0.3 is 5.97 Å². The number of hydrogen-bond donors (Lipinski definition) is 2. The molecule has 3 N–H and O–H groups in total. The summed E-state index contributed by atoms with van der Waals surface area (Å²) in [5, 5.41) is 8.67. The molecule has 0 unspecified atom stereocenters. The van der Waals surface area contributed by atoms with Crippen LogP contribution in [-0.4, -0.2) is 16.1 Å². The number of carbonyl (C=O) groups is 1. The number of aliphatic carboxylic acids is 1. The van der Waals surface area contributed by atoms with Gasteiger partial charge in [-0.15, -0.1) is 0 Å². The van der Waals surface area contributed by atoms with E-state index < -0.39 is 52.7 Å². The van der Waals surface area contributed by atoms with Crippen LogP contribution in [0.5, 0.6) is 0 Å². The molecular weight excluding hydrogens is 311 g/mol. The Morgan fingerprint density at radius 1 is 1.00 bits per heavy atom. The lowest BCUT2D eigenvalue weighted by molar-refractivity contribution is -0.136. The van der Waals surface area contributed by atoms with E-state index in [9.17, 15) is 26.7 Å². The average Bonchev–Trinajstić information content (AvgIpc) is 2.46. The molecule has 2 aromatic rings. The Morgan fingerprint density at radius 2 is 1.50 bits per heavy atom. The van der Waals surface area contributed by atoms with Crippen LogP contribution < -0.4 is 5.73 Å². The van der Waals surface area contributed by atoms with E-state index in [1.807, 2.05) is 0 Å². The Balaban J connectivity index is 2.70. The van der Waals surface area contributed by atoms with Gasteiger partial charge in [0.15, 0.2) is 23.3 Å². The summed E-state index contributed by atoms with van der Waals surface area (Å²) >= 11 is 0. The Bertz CT molecular complexity index is 751. The van der Waals surface area contributed by atoms with Crippen molar-refractivity contribution in [2.45, 2.75) is 6.42 Å². The number of halogens is 5. The molecule has 0 aliphatic rings. The molecule has 1 heterocycles. The highest BCUT2D eigenvalue weighted by Crippen LogP contribution is 2.31. The van der Waals surface area contributed by atoms with Crippen molar-refractivity contribution in [2.75, 3.05) is 5.73 Å². The Morgan fingerprint density at radius 3 is 2.00 bits per heavy atom. The summed E-state index contributed by atoms with van der Waals surface area (Å²) in [5.41, 5.74) is 3.25. The van der Waals surface area contributed by atoms with Gasteiger partial charge in [0.1, 0.15) is 0 Å². The van der Waals surface area contributed by atoms with E-state index in [0.717, 1.165) is 12.1 Å². The van der Waals surface area contributed by atoms with Crippen LogP contribution >= 0.6 is 0 Å². The molecule has 0 aliphatic heterocycles. The third kappa shape index (κ3) is 2.57. The van der Waals surface area contributed by atoms with Crippen LogP contribution in [0.15, 0.2) is 12.1 Å². The molecular formula is C13H7F5N2O2. The molecule has 22 heavy (non-hydrogen) atoms. The van der Waals surface area contributed by atoms with Crippen LogP contribution in [0, 0.1) is 29.1 Å². The van der Waals surface area contributed by atoms with Crippen LogP contribution in [-0.2, 0) is 11.2 Å². The molecule has 0 saturated heterocycles. The molecule has 0 radical (unpaired) electrons. The number of hydrogen-bond acceptors (Lipinski definition) is 3. The SMILES string of the molecule is Nc1ccc(-c2c(F)c(F)c(F)c(F)c2F)nc1CC(=O)O. The Kier molecular flexibility index (Phi) is 3.98. The van der Waals surface area contributed by atoms with E-state index in [0.29, 0.717) is 0 Å². The van der Waals surface area contributed by atoms with Crippen molar-refractivity contribution in [1.29, 1.82) is 0 Å². The van der Waals surface area contributed by atoms with E-state index in [4.69, 9.17) is 10.8 Å². The highest BCUT2D eigenvalue weighted by atomic mass is 19.2. The largest absolute Gasteiger partial charge is 0.481 e. The number of nitrogens with zero attached hydrogens (tertiary/aromatic N) is 1. The molecule has 1 aromatic heterocycles. The fourth-order valence-electron chi connectivity index (χ4n) is 1.77. The maximum atomic E-state index is 13.7. The molecule has 0 atom stereocenters. The zero-order chi connectivity index (χ0) is 16.6. The van der Waals surface area contributed by atoms with Crippen LogP contribution in [0.3, 0.4) is 0 Å². The minimum atomic E-state index is -2.29. The maximum Gasteiger partial charge on any atom is 0.309 e. The fraction of sp³-hybridized carbons (Fsp3) is 0.0769. The lowest BCUT2D eigenvalue weighted by Crippen LogP contribution is -2.09. The van der Waals surface area contributed by atoms with Crippen molar-refractivity contribution in [2.24, 2.45) is 0 Å². The van der Waals surface area contributed by atoms with Gasteiger partial charge in [0.25, 0.3) is 0 Å². The minimum Gasteiger partial charge on any atom is -0.481 e. The van der Waals surface area contributed by atoms with Crippen molar-refractivity contribution < 1.29 is 31.9 Å². The predicted octanol–water partition coefficient (Wildman–Crippen LogP) is 2.65. The summed E-state index contributed by atoms with van der Waals surface area (Å²) in [7, 11) is 0. The summed E-state index contributed by atoms with van der Waals surface area (Å²) in [6.45, 7) is 0. The number of rotatable bonds is 3. The topological polar surface area (TPSA) is 76.2 Å². The van der Waals surface area contributed by atoms with Gasteiger partial charge in [-0.05, 0) is 12.1 Å². The van der Waals surface area contributed by atoms with Crippen LogP contribution in [0.2, 0.25) is 0 Å². The van der Waals surface area contributed by atoms with Crippen LogP contribution in [0.1, 0.15) is 5.69 Å². The van der Waals surface area contributed by atoms with Crippen molar-refractivity contribution in [1.82, 2.24) is 4.98 Å². The van der Waals surface area contributed by atoms with Crippen molar-refractivity contribution >= 4 is 11.7 Å². The first-order chi connectivity index (χ1) is 10.2. The number of carboxylic acids is 1. The van der Waals surface area contributed by atoms with Gasteiger partial charge in [-0.25, -0.2) is 26.9 Å². The van der Waals surface area contributed by atoms with E-state index in [-0.39, 0.29) is 11.4 Å². The van der Waals surface area contributed by atoms with Crippen molar-refractivity contribution in [3.05, 3.63) is 46.9 Å². The second kappa shape index (κ2) is 5.58. The maximum absolute atomic E-state index is 13.7. The van der Waals surface area contributed by atoms with Gasteiger partial charge in [-0.3, -0.25) is 4.79 Å². The lowest BCUT2D eigenvalue weighted by atomic mass is 10.1. The molecule has 2 rings (SSSR count). The van der Waals surface area contributed by atoms with Gasteiger partial charge in [-0.1, -0.05) is 0 Å². The Hall–Kier alpha value is -2.71. The van der Waals surface area contributed by atoms with Crippen molar-refractivity contribution in [3.63, 3.8) is 0 Å². The van der Waals surface area contributed by atoms with E-state index in [2.05, 4.69) is 4.98 Å². The molecule has 1 aromatic carbocycles. The highest BCUT2D eigenvalue weighted by molar-refractivity contribution is 5.73. The minimum absolute atomic E-state index is 0.0879. The number of pyridine rings is 1. The Labute approximate surface area is 120 Å². The molecule has 9 heteroatoms. The molecule has 0 spiro atoms. The van der Waals surface area contributed by atoms with E-state index in [1.54, 1.807) is 0 Å². The third-order valence-corrected chi connectivity index (χ3v) is 2.79. The lowest BCUT2D eigenvalue weighted by Gasteiger charge is -2.10. The van der Waals surface area contributed by atoms with Gasteiger partial charge in [0.05, 0.1) is 29.1 Å². The molecule has 4 nitrogen and oxygen atoms in total. The second-order valence-electron chi connectivity index (χ2n) is 4.25. The number of carboxylic acid groups (broad SMARTS) is 1. The molecule has 116 valence electrons. The summed E-state index contributed by atoms with van der Waals surface area (Å²) in [6, 6.07) is 2.00. The molecule has 0 saturated carbocycles. The summed E-state index contributed by atoms with van der Waals surface area (Å²) in [5.74, 6) is -12.0. The first kappa shape index (κ1) is 15.7. The van der Waals surface area contributed by atoms with Gasteiger partial charge in [0, 0.05) is 0 Å². The van der Waals surface area contributed by atoms with E-state index in [1.165, 1.54) is 0 Å². The zero-order valence-corrected chi connectivity index (χ0v) is 10.6. The number of nitrogens with two attached hydrogens (primary N) is 1. The standard InChI is InChI=1S/C13H7F5N2O2/c14-9-8(10(15)12(17)13(18)11(9)16)5-2-1-4(19)6(20-5)3-7(21)22/h1-2H,3,19H2,(H,21,22). The fourth-order valence-corrected chi connectivity index (χ4v) is 1.77. The highest BCUT2D eigenvalue weighted by Gasteiger charge is 2.27. The van der Waals surface area contributed by atoms with Crippen molar-refractivity contribution in [3.8, 4) is 11.3 Å². The monoisotopic (exact) mass is 318 g/mol. The first-order valence-electron chi connectivity index (χ1n) is 5.73. The smallest absolute Gasteiger partial charge is 0.309 e. The quantitative estimate of drug-likeness (QED) is 0.518. The molecule has 0 bridgehead atoms. The first-order valence-corrected chi connectivity index (χ1v) is 5.73. The summed E-state index contributed by atoms with van der Waals surface area (Å²) in [6.07, 6.45) is -0.672. The van der Waals surface area contributed by atoms with Gasteiger partial charge in [0.2, 0.25) is 5.82 Å². The predicted molar refractivity (Wildman–Crippen MR) is 65.2 cm³/mol. The third-order valence-electron chi connectivity index (χ3n) is 2.79. The van der Waals surface area contributed by atoms with Crippen LogP contribution in [0.4, 0.5) is 27.6 Å². The van der Waals surface area contributed by atoms with Gasteiger partial charge in [-0.2, -0.15) is 0 Å². The zero-order valence-electron chi connectivity index (χ0n) is 10.6. The summed E-state index contributed by atoms with van der Waals surface area (Å²) < 4.78 is 66.7. The molecule has 0 fully saturated rings. The number of nitrogen functional groups attached to an aromatic ring is 1. The number of anilines is 1. The van der Waals surface area contributed by atoms with Gasteiger partial charge < -0.3 is 10.8 Å². The van der Waals surface area contributed by atoms with E-state index >= 15 is 0 Å². The number of aromatic nitrogens is 1. The normalized spacial score (nSPS) is 10.8.